The van der Waals surface area contributed by atoms with Crippen LogP contribution in [-0.2, 0) is 0 Å². The number of nitrogens with two attached hydrogens (primary N) is 1. The van der Waals surface area contributed by atoms with Crippen LogP contribution in [0, 0.1) is 0 Å². The van der Waals surface area contributed by atoms with Crippen molar-refractivity contribution in [3.05, 3.63) is 54.5 Å². The van der Waals surface area contributed by atoms with E-state index in [-0.39, 0.29) is 11.9 Å². The van der Waals surface area contributed by atoms with Gasteiger partial charge < -0.3 is 15.2 Å². The number of nitrogens with zero attached hydrogens (tertiary/aromatic N) is 8. The molecule has 4 heterocycles. The molecule has 2 N–H and O–H groups in total. The smallest absolute Gasteiger partial charge is 0.278 e. The minimum Gasteiger partial charge on any atom is -0.368 e. The molecule has 0 aliphatic rings. The lowest BCUT2D eigenvalue weighted by Crippen LogP contribution is -2.19. The second kappa shape index (κ2) is 8.82. The Morgan fingerprint density at radius 1 is 0.968 bits per heavy atom. The zero-order valence-electron chi connectivity index (χ0n) is 17.6. The van der Waals surface area contributed by atoms with Crippen LogP contribution in [0.4, 0.5) is 11.8 Å². The summed E-state index contributed by atoms with van der Waals surface area (Å²) >= 11 is 0. The average molecular weight is 417 g/mol. The minimum atomic E-state index is -0.107. The first kappa shape index (κ1) is 20.3. The maximum absolute atomic E-state index is 5.53. The van der Waals surface area contributed by atoms with Crippen LogP contribution in [0.5, 0.6) is 0 Å². The van der Waals surface area contributed by atoms with Gasteiger partial charge >= 0.3 is 0 Å². The van der Waals surface area contributed by atoms with Gasteiger partial charge in [0, 0.05) is 43.7 Å². The van der Waals surface area contributed by atoms with Gasteiger partial charge in [0.2, 0.25) is 5.95 Å². The number of anilines is 2. The van der Waals surface area contributed by atoms with Crippen LogP contribution in [0.2, 0.25) is 0 Å². The Kier molecular flexibility index (Phi) is 5.78. The van der Waals surface area contributed by atoms with Gasteiger partial charge in [0.1, 0.15) is 11.5 Å². The lowest BCUT2D eigenvalue weighted by atomic mass is 10.0. The molecule has 4 aromatic heterocycles. The molecule has 0 bridgehead atoms. The predicted molar refractivity (Wildman–Crippen MR) is 116 cm³/mol. The molecule has 0 saturated carbocycles. The average Bonchev–Trinajstić information content (AvgIpc) is 3.30. The van der Waals surface area contributed by atoms with Crippen molar-refractivity contribution >= 4 is 11.8 Å². The molecule has 10 heteroatoms. The molecule has 0 fully saturated rings. The molecule has 0 aromatic carbocycles. The molecular formula is C21H23N9O. The van der Waals surface area contributed by atoms with Gasteiger partial charge in [-0.2, -0.15) is 4.98 Å². The zero-order valence-corrected chi connectivity index (χ0v) is 17.6. The summed E-state index contributed by atoms with van der Waals surface area (Å²) in [7, 11) is 1.99. The molecule has 1 atom stereocenters. The van der Waals surface area contributed by atoms with Gasteiger partial charge in [0.05, 0.1) is 18.1 Å². The topological polar surface area (TPSA) is 133 Å². The third-order valence-corrected chi connectivity index (χ3v) is 4.89. The summed E-state index contributed by atoms with van der Waals surface area (Å²) in [5, 5.41) is 4.12. The van der Waals surface area contributed by atoms with E-state index in [1.54, 1.807) is 31.0 Å². The van der Waals surface area contributed by atoms with Crippen LogP contribution in [0.25, 0.3) is 22.8 Å². The van der Waals surface area contributed by atoms with Gasteiger partial charge in [0.15, 0.2) is 5.82 Å². The summed E-state index contributed by atoms with van der Waals surface area (Å²) in [6, 6.07) is 3.87. The standard InChI is InChI=1S/C21H23N9O/c1-4-7-30(3)18-12-24-17(11-25-18)20-28-19(29-31-20)13(2)14-5-6-16(23-8-14)15-9-26-21(22)27-10-15/h5-6,8-13H,4,7H2,1-3H3,(H2,22,26,27). The van der Waals surface area contributed by atoms with E-state index in [1.807, 2.05) is 31.0 Å². The normalized spacial score (nSPS) is 12.0. The molecule has 0 spiro atoms. The third kappa shape index (κ3) is 4.47. The summed E-state index contributed by atoms with van der Waals surface area (Å²) in [5.41, 5.74) is 8.58. The first-order valence-corrected chi connectivity index (χ1v) is 9.96. The van der Waals surface area contributed by atoms with Crippen LogP contribution in [0.15, 0.2) is 47.6 Å². The number of hydrogen-bond acceptors (Lipinski definition) is 10. The van der Waals surface area contributed by atoms with E-state index in [0.29, 0.717) is 17.4 Å². The maximum atomic E-state index is 5.53. The molecule has 0 saturated heterocycles. The Morgan fingerprint density at radius 3 is 2.39 bits per heavy atom. The Hall–Kier alpha value is -3.95. The molecule has 31 heavy (non-hydrogen) atoms. The second-order valence-electron chi connectivity index (χ2n) is 7.17. The lowest BCUT2D eigenvalue weighted by molar-refractivity contribution is 0.419. The SMILES string of the molecule is CCCN(C)c1cnc(-c2nc(C(C)c3ccc(-c4cnc(N)nc4)nc3)no2)cn1. The Labute approximate surface area is 179 Å². The molecule has 0 amide bonds. The molecule has 158 valence electrons. The zero-order chi connectivity index (χ0) is 21.8. The van der Waals surface area contributed by atoms with Gasteiger partial charge in [-0.25, -0.2) is 19.9 Å². The summed E-state index contributed by atoms with van der Waals surface area (Å²) in [6.45, 7) is 5.02. The maximum Gasteiger partial charge on any atom is 0.278 e. The first-order valence-electron chi connectivity index (χ1n) is 9.96. The predicted octanol–water partition coefficient (Wildman–Crippen LogP) is 2.96. The van der Waals surface area contributed by atoms with E-state index in [9.17, 15) is 0 Å². The van der Waals surface area contributed by atoms with Crippen molar-refractivity contribution in [2.75, 3.05) is 24.2 Å². The van der Waals surface area contributed by atoms with Crippen molar-refractivity contribution < 1.29 is 4.52 Å². The van der Waals surface area contributed by atoms with Crippen LogP contribution in [0.3, 0.4) is 0 Å². The van der Waals surface area contributed by atoms with Gasteiger partial charge in [-0.15, -0.1) is 0 Å². The van der Waals surface area contributed by atoms with Crippen molar-refractivity contribution in [2.24, 2.45) is 0 Å². The van der Waals surface area contributed by atoms with Gasteiger partial charge in [0.25, 0.3) is 5.89 Å². The Balaban J connectivity index is 1.49. The van der Waals surface area contributed by atoms with E-state index >= 15 is 0 Å². The quantitative estimate of drug-likeness (QED) is 0.478. The molecule has 0 aliphatic carbocycles. The molecule has 10 nitrogen and oxygen atoms in total. The summed E-state index contributed by atoms with van der Waals surface area (Å²) in [5.74, 6) is 1.81. The third-order valence-electron chi connectivity index (χ3n) is 4.89. The van der Waals surface area contributed by atoms with Crippen LogP contribution >= 0.6 is 0 Å². The Bertz CT molecular complexity index is 1120. The second-order valence-corrected chi connectivity index (χ2v) is 7.17. The molecule has 4 rings (SSSR count). The van der Waals surface area contributed by atoms with Crippen molar-refractivity contribution in [1.29, 1.82) is 0 Å². The van der Waals surface area contributed by atoms with Crippen LogP contribution in [0.1, 0.15) is 37.6 Å². The van der Waals surface area contributed by atoms with Crippen molar-refractivity contribution in [1.82, 2.24) is 35.1 Å². The van der Waals surface area contributed by atoms with Gasteiger partial charge in [-0.05, 0) is 18.1 Å². The van der Waals surface area contributed by atoms with Crippen LogP contribution in [-0.4, -0.2) is 48.7 Å². The monoisotopic (exact) mass is 417 g/mol. The largest absolute Gasteiger partial charge is 0.368 e. The lowest BCUT2D eigenvalue weighted by Gasteiger charge is -2.16. The number of hydrogen-bond donors (Lipinski definition) is 1. The van der Waals surface area contributed by atoms with Crippen molar-refractivity contribution in [2.45, 2.75) is 26.2 Å². The minimum absolute atomic E-state index is 0.107. The van der Waals surface area contributed by atoms with E-state index in [0.717, 1.165) is 35.6 Å². The highest BCUT2D eigenvalue weighted by Crippen LogP contribution is 2.25. The van der Waals surface area contributed by atoms with Gasteiger partial charge in [-0.1, -0.05) is 25.1 Å². The van der Waals surface area contributed by atoms with Crippen molar-refractivity contribution in [3.8, 4) is 22.8 Å². The number of pyridine rings is 1. The highest BCUT2D eigenvalue weighted by molar-refractivity contribution is 5.57. The number of nitrogen functional groups attached to an aromatic ring is 1. The van der Waals surface area contributed by atoms with E-state index in [1.165, 1.54) is 0 Å². The molecule has 0 aliphatic heterocycles. The fourth-order valence-corrected chi connectivity index (χ4v) is 3.05. The first-order chi connectivity index (χ1) is 15.0. The van der Waals surface area contributed by atoms with Crippen molar-refractivity contribution in [3.63, 3.8) is 0 Å². The van der Waals surface area contributed by atoms with E-state index in [4.69, 9.17) is 10.3 Å². The molecule has 4 aromatic rings. The summed E-state index contributed by atoms with van der Waals surface area (Å²) in [6.07, 6.45) is 9.46. The number of rotatable bonds is 7. The highest BCUT2D eigenvalue weighted by atomic mass is 16.5. The Morgan fingerprint density at radius 2 is 1.74 bits per heavy atom. The van der Waals surface area contributed by atoms with E-state index in [2.05, 4.69) is 42.0 Å². The van der Waals surface area contributed by atoms with Crippen LogP contribution < -0.4 is 10.6 Å². The summed E-state index contributed by atoms with van der Waals surface area (Å²) < 4.78 is 5.42. The summed E-state index contributed by atoms with van der Waals surface area (Å²) in [4.78, 5) is 27.9. The molecule has 0 radical (unpaired) electrons. The van der Waals surface area contributed by atoms with E-state index < -0.39 is 0 Å². The molecule has 1 unspecified atom stereocenters. The fraction of sp³-hybridized carbons (Fsp3) is 0.286. The fourth-order valence-electron chi connectivity index (χ4n) is 3.05. The molecular weight excluding hydrogens is 394 g/mol. The van der Waals surface area contributed by atoms with Gasteiger partial charge in [-0.3, -0.25) is 4.98 Å². The number of aromatic nitrogens is 7. The highest BCUT2D eigenvalue weighted by Gasteiger charge is 2.18.